The minimum atomic E-state index is -4.48. The third kappa shape index (κ3) is 3.24. The summed E-state index contributed by atoms with van der Waals surface area (Å²) < 4.78 is 38.9. The molecule has 3 nitrogen and oxygen atoms in total. The predicted octanol–water partition coefficient (Wildman–Crippen LogP) is 2.27. The van der Waals surface area contributed by atoms with Crippen LogP contribution < -0.4 is 0 Å². The van der Waals surface area contributed by atoms with E-state index >= 15 is 0 Å². The molecule has 1 heterocycles. The molecule has 110 valence electrons. The van der Waals surface area contributed by atoms with E-state index in [2.05, 4.69) is 10.9 Å². The van der Waals surface area contributed by atoms with Crippen molar-refractivity contribution in [2.45, 2.75) is 24.7 Å². The second kappa shape index (κ2) is 6.00. The van der Waals surface area contributed by atoms with E-state index in [1.807, 2.05) is 0 Å². The molecule has 0 amide bonds. The van der Waals surface area contributed by atoms with Crippen LogP contribution in [0.25, 0.3) is 0 Å². The summed E-state index contributed by atoms with van der Waals surface area (Å²) in [5, 5.41) is 0. The number of rotatable bonds is 3. The summed E-state index contributed by atoms with van der Waals surface area (Å²) in [6, 6.07) is 5.60. The maximum Gasteiger partial charge on any atom is 0.410 e. The number of aliphatic imine (C=N–C) groups is 1. The number of terminal acetylenes is 1. The molecule has 0 spiro atoms. The first-order valence-corrected chi connectivity index (χ1v) is 6.32. The van der Waals surface area contributed by atoms with Gasteiger partial charge >= 0.3 is 6.18 Å². The Labute approximate surface area is 120 Å². The molecular weight excluding hydrogens is 281 g/mol. The lowest BCUT2D eigenvalue weighted by molar-refractivity contribution is -0.152. The Bertz CT molecular complexity index is 575. The van der Waals surface area contributed by atoms with Crippen molar-refractivity contribution in [1.82, 2.24) is 4.90 Å². The number of hydrogen-bond acceptors (Lipinski definition) is 3. The van der Waals surface area contributed by atoms with E-state index < -0.39 is 24.7 Å². The van der Waals surface area contributed by atoms with Crippen LogP contribution in [0.2, 0.25) is 0 Å². The Morgan fingerprint density at radius 1 is 1.38 bits per heavy atom. The molecule has 1 aliphatic heterocycles. The van der Waals surface area contributed by atoms with Crippen molar-refractivity contribution in [3.63, 3.8) is 0 Å². The Hall–Kier alpha value is -2.29. The zero-order chi connectivity index (χ0) is 15.5. The molecule has 2 rings (SSSR count). The summed E-state index contributed by atoms with van der Waals surface area (Å²) in [4.78, 5) is 16.4. The van der Waals surface area contributed by atoms with Crippen LogP contribution in [0.1, 0.15) is 12.0 Å². The molecule has 21 heavy (non-hydrogen) atoms. The number of alkyl halides is 3. The number of benzene rings is 1. The van der Waals surface area contributed by atoms with Crippen LogP contribution in [-0.4, -0.2) is 41.8 Å². The minimum absolute atomic E-state index is 0.0295. The number of nitrogens with zero attached hydrogens (tertiary/aromatic N) is 2. The first-order chi connectivity index (χ1) is 9.97. The van der Waals surface area contributed by atoms with Gasteiger partial charge in [0, 0.05) is 12.0 Å². The van der Waals surface area contributed by atoms with Gasteiger partial charge in [-0.3, -0.25) is 4.99 Å². The Morgan fingerprint density at radius 3 is 2.57 bits per heavy atom. The number of amidine groups is 1. The van der Waals surface area contributed by atoms with Gasteiger partial charge in [-0.15, -0.1) is 6.42 Å². The number of hydrogen-bond donors (Lipinski definition) is 0. The molecule has 0 aromatic heterocycles. The average Bonchev–Trinajstić information content (AvgIpc) is 2.47. The van der Waals surface area contributed by atoms with Gasteiger partial charge in [-0.2, -0.15) is 13.2 Å². The first-order valence-electron chi connectivity index (χ1n) is 6.32. The largest absolute Gasteiger partial charge is 0.410 e. The lowest BCUT2D eigenvalue weighted by Crippen LogP contribution is -2.50. The van der Waals surface area contributed by atoms with Crippen molar-refractivity contribution in [3.05, 3.63) is 35.9 Å². The Kier molecular flexibility index (Phi) is 4.32. The van der Waals surface area contributed by atoms with E-state index in [4.69, 9.17) is 6.42 Å². The van der Waals surface area contributed by atoms with Crippen molar-refractivity contribution >= 4 is 12.1 Å². The number of carbonyl (C=O) groups excluding carboxylic acids is 1. The highest BCUT2D eigenvalue weighted by Gasteiger charge is 2.45. The van der Waals surface area contributed by atoms with Crippen LogP contribution in [-0.2, 0) is 4.79 Å². The highest BCUT2D eigenvalue weighted by molar-refractivity contribution is 6.00. The SMILES string of the molecule is C#CCN1C(c2ccccc2)=NC(C(F)(F)F)CC1C=O. The summed E-state index contributed by atoms with van der Waals surface area (Å²) in [6.45, 7) is 0.0295. The van der Waals surface area contributed by atoms with Crippen LogP contribution in [0.15, 0.2) is 35.3 Å². The van der Waals surface area contributed by atoms with Gasteiger partial charge in [0.1, 0.15) is 12.1 Å². The minimum Gasteiger partial charge on any atom is -0.335 e. The average molecular weight is 294 g/mol. The van der Waals surface area contributed by atoms with Crippen molar-refractivity contribution in [3.8, 4) is 12.3 Å². The Morgan fingerprint density at radius 2 is 2.05 bits per heavy atom. The molecule has 0 saturated heterocycles. The van der Waals surface area contributed by atoms with Gasteiger partial charge in [-0.1, -0.05) is 36.3 Å². The zero-order valence-corrected chi connectivity index (χ0v) is 11.0. The van der Waals surface area contributed by atoms with Gasteiger partial charge in [0.05, 0.1) is 12.6 Å². The summed E-state index contributed by atoms with van der Waals surface area (Å²) in [6.07, 6.45) is 0.852. The maximum atomic E-state index is 13.0. The highest BCUT2D eigenvalue weighted by atomic mass is 19.4. The van der Waals surface area contributed by atoms with Crippen LogP contribution >= 0.6 is 0 Å². The third-order valence-electron chi connectivity index (χ3n) is 3.24. The molecule has 2 atom stereocenters. The second-order valence-corrected chi connectivity index (χ2v) is 4.65. The predicted molar refractivity (Wildman–Crippen MR) is 72.8 cm³/mol. The number of carbonyl (C=O) groups is 1. The molecule has 2 unspecified atom stereocenters. The maximum absolute atomic E-state index is 13.0. The third-order valence-corrected chi connectivity index (χ3v) is 3.24. The van der Waals surface area contributed by atoms with Crippen molar-refractivity contribution in [2.75, 3.05) is 6.54 Å². The van der Waals surface area contributed by atoms with Gasteiger partial charge < -0.3 is 9.69 Å². The zero-order valence-electron chi connectivity index (χ0n) is 11.0. The van der Waals surface area contributed by atoms with Crippen LogP contribution in [0.5, 0.6) is 0 Å². The fourth-order valence-corrected chi connectivity index (χ4v) is 2.24. The summed E-state index contributed by atoms with van der Waals surface area (Å²) >= 11 is 0. The smallest absolute Gasteiger partial charge is 0.335 e. The molecule has 0 bridgehead atoms. The summed E-state index contributed by atoms with van der Waals surface area (Å²) in [5.74, 6) is 2.47. The quantitative estimate of drug-likeness (QED) is 0.633. The van der Waals surface area contributed by atoms with Gasteiger partial charge in [0.2, 0.25) is 0 Å². The fourth-order valence-electron chi connectivity index (χ4n) is 2.24. The molecule has 0 N–H and O–H groups in total. The molecule has 6 heteroatoms. The second-order valence-electron chi connectivity index (χ2n) is 4.65. The van der Waals surface area contributed by atoms with Crippen LogP contribution in [0.4, 0.5) is 13.2 Å². The normalized spacial score (nSPS) is 22.4. The van der Waals surface area contributed by atoms with Gasteiger partial charge in [-0.25, -0.2) is 0 Å². The van der Waals surface area contributed by atoms with Gasteiger partial charge in [0.15, 0.2) is 6.04 Å². The van der Waals surface area contributed by atoms with E-state index in [1.54, 1.807) is 30.3 Å². The van der Waals surface area contributed by atoms with Crippen LogP contribution in [0.3, 0.4) is 0 Å². The lowest BCUT2D eigenvalue weighted by atomic mass is 10.0. The van der Waals surface area contributed by atoms with Crippen LogP contribution in [0, 0.1) is 12.3 Å². The van der Waals surface area contributed by atoms with Crippen molar-refractivity contribution in [1.29, 1.82) is 0 Å². The fraction of sp³-hybridized carbons (Fsp3) is 0.333. The van der Waals surface area contributed by atoms with E-state index in [-0.39, 0.29) is 12.4 Å². The van der Waals surface area contributed by atoms with Gasteiger partial charge in [0.25, 0.3) is 0 Å². The molecule has 0 aliphatic carbocycles. The Balaban J connectivity index is 2.49. The number of halogens is 3. The molecule has 0 fully saturated rings. The molecule has 0 radical (unpaired) electrons. The summed E-state index contributed by atoms with van der Waals surface area (Å²) in [7, 11) is 0. The van der Waals surface area contributed by atoms with E-state index in [0.29, 0.717) is 11.8 Å². The molecule has 1 aliphatic rings. The van der Waals surface area contributed by atoms with Gasteiger partial charge in [-0.05, 0) is 0 Å². The van der Waals surface area contributed by atoms with E-state index in [0.717, 1.165) is 0 Å². The standard InChI is InChI=1S/C15H13F3N2O/c1-2-8-20-12(10-21)9-13(15(16,17)18)19-14(20)11-6-4-3-5-7-11/h1,3-7,10,12-13H,8-9H2. The first kappa shape index (κ1) is 15.1. The topological polar surface area (TPSA) is 32.7 Å². The number of aldehydes is 1. The lowest BCUT2D eigenvalue weighted by Gasteiger charge is -2.36. The van der Waals surface area contributed by atoms with Crippen molar-refractivity contribution < 1.29 is 18.0 Å². The molecule has 1 aromatic carbocycles. The van der Waals surface area contributed by atoms with E-state index in [1.165, 1.54) is 4.90 Å². The summed E-state index contributed by atoms with van der Waals surface area (Å²) in [5.41, 5.74) is 0.508. The molecule has 0 saturated carbocycles. The monoisotopic (exact) mass is 294 g/mol. The highest BCUT2D eigenvalue weighted by Crippen LogP contribution is 2.31. The molecule has 1 aromatic rings. The van der Waals surface area contributed by atoms with E-state index in [9.17, 15) is 18.0 Å². The van der Waals surface area contributed by atoms with Crippen molar-refractivity contribution in [2.24, 2.45) is 4.99 Å². The molecular formula is C15H13F3N2O.